The van der Waals surface area contributed by atoms with Crippen LogP contribution in [-0.2, 0) is 6.18 Å². The molecule has 25 heavy (non-hydrogen) atoms. The zero-order chi connectivity index (χ0) is 18.0. The van der Waals surface area contributed by atoms with E-state index in [-0.39, 0.29) is 28.5 Å². The minimum atomic E-state index is -4.73. The standard InChI is InChI=1S/C15H9F3N4O3/c16-15(17,18)14-21-11(22-25-14)8-3-5-9(6-4-8)13(24)20-12-10(23)2-1-7-19-12/h1-7,23H,(H,19,20,24). The summed E-state index contributed by atoms with van der Waals surface area (Å²) in [5.74, 6) is -2.45. The normalized spacial score (nSPS) is 11.3. The number of carbonyl (C=O) groups excluding carboxylic acids is 1. The minimum absolute atomic E-state index is 0.00966. The van der Waals surface area contributed by atoms with E-state index in [1.807, 2.05) is 0 Å². The largest absolute Gasteiger partial charge is 0.504 e. The number of carbonyl (C=O) groups is 1. The fraction of sp³-hybridized carbons (Fsp3) is 0.0667. The monoisotopic (exact) mass is 350 g/mol. The highest BCUT2D eigenvalue weighted by Crippen LogP contribution is 2.29. The zero-order valence-corrected chi connectivity index (χ0v) is 12.3. The van der Waals surface area contributed by atoms with E-state index in [2.05, 4.69) is 25.0 Å². The molecule has 0 saturated carbocycles. The van der Waals surface area contributed by atoms with Crippen LogP contribution in [0.1, 0.15) is 16.2 Å². The molecule has 1 amide bonds. The van der Waals surface area contributed by atoms with Crippen molar-refractivity contribution in [3.05, 3.63) is 54.0 Å². The van der Waals surface area contributed by atoms with Crippen LogP contribution >= 0.6 is 0 Å². The van der Waals surface area contributed by atoms with Gasteiger partial charge in [0.05, 0.1) is 0 Å². The van der Waals surface area contributed by atoms with Gasteiger partial charge < -0.3 is 14.9 Å². The molecule has 0 atom stereocenters. The Bertz CT molecular complexity index is 907. The third kappa shape index (κ3) is 3.57. The van der Waals surface area contributed by atoms with Gasteiger partial charge in [-0.05, 0) is 24.3 Å². The van der Waals surface area contributed by atoms with Crippen LogP contribution in [0.15, 0.2) is 47.1 Å². The molecule has 3 aromatic rings. The Hall–Kier alpha value is -3.43. The van der Waals surface area contributed by atoms with Crippen molar-refractivity contribution in [1.82, 2.24) is 15.1 Å². The van der Waals surface area contributed by atoms with E-state index < -0.39 is 18.0 Å². The van der Waals surface area contributed by atoms with E-state index in [0.717, 1.165) is 0 Å². The second-order valence-electron chi connectivity index (χ2n) is 4.82. The molecule has 0 aliphatic heterocycles. The molecule has 0 aliphatic carbocycles. The van der Waals surface area contributed by atoms with Gasteiger partial charge in [0, 0.05) is 17.3 Å². The number of aromatic hydroxyl groups is 1. The van der Waals surface area contributed by atoms with Gasteiger partial charge >= 0.3 is 12.1 Å². The lowest BCUT2D eigenvalue weighted by atomic mass is 10.1. The number of pyridine rings is 1. The second kappa shape index (κ2) is 6.23. The maximum atomic E-state index is 12.5. The third-order valence-corrected chi connectivity index (χ3v) is 3.09. The number of benzene rings is 1. The van der Waals surface area contributed by atoms with Gasteiger partial charge in [-0.3, -0.25) is 4.79 Å². The Kier molecular flexibility index (Phi) is 4.09. The van der Waals surface area contributed by atoms with E-state index in [0.29, 0.717) is 0 Å². The first kappa shape index (κ1) is 16.4. The molecule has 0 saturated heterocycles. The molecular formula is C15H9F3N4O3. The number of rotatable bonds is 3. The molecule has 0 spiro atoms. The van der Waals surface area contributed by atoms with Crippen LogP contribution in [0.25, 0.3) is 11.4 Å². The van der Waals surface area contributed by atoms with Crippen molar-refractivity contribution < 1.29 is 27.6 Å². The molecule has 2 N–H and O–H groups in total. The van der Waals surface area contributed by atoms with Gasteiger partial charge in [0.2, 0.25) is 5.82 Å². The van der Waals surface area contributed by atoms with Gasteiger partial charge in [-0.2, -0.15) is 18.2 Å². The van der Waals surface area contributed by atoms with Gasteiger partial charge in [-0.25, -0.2) is 4.98 Å². The molecule has 0 unspecified atom stereocenters. The quantitative estimate of drug-likeness (QED) is 0.753. The number of aromatic nitrogens is 3. The first-order chi connectivity index (χ1) is 11.8. The van der Waals surface area contributed by atoms with Crippen molar-refractivity contribution in [2.75, 3.05) is 5.32 Å². The van der Waals surface area contributed by atoms with Gasteiger partial charge in [0.15, 0.2) is 11.6 Å². The lowest BCUT2D eigenvalue weighted by Crippen LogP contribution is -2.12. The Morgan fingerprint density at radius 3 is 2.48 bits per heavy atom. The van der Waals surface area contributed by atoms with Crippen LogP contribution in [0.3, 0.4) is 0 Å². The Labute approximate surface area is 138 Å². The predicted molar refractivity (Wildman–Crippen MR) is 78.6 cm³/mol. The molecule has 0 aliphatic rings. The van der Waals surface area contributed by atoms with E-state index in [4.69, 9.17) is 0 Å². The SMILES string of the molecule is O=C(Nc1ncccc1O)c1ccc(-c2noc(C(F)(F)F)n2)cc1. The van der Waals surface area contributed by atoms with Crippen LogP contribution in [0.2, 0.25) is 0 Å². The highest BCUT2D eigenvalue weighted by Gasteiger charge is 2.38. The molecule has 128 valence electrons. The average Bonchev–Trinajstić information content (AvgIpc) is 3.07. The first-order valence-electron chi connectivity index (χ1n) is 6.81. The fourth-order valence-corrected chi connectivity index (χ4v) is 1.90. The van der Waals surface area contributed by atoms with Crippen molar-refractivity contribution in [1.29, 1.82) is 0 Å². The Morgan fingerprint density at radius 1 is 1.16 bits per heavy atom. The molecule has 0 fully saturated rings. The molecule has 2 heterocycles. The van der Waals surface area contributed by atoms with E-state index >= 15 is 0 Å². The van der Waals surface area contributed by atoms with Crippen LogP contribution in [-0.4, -0.2) is 26.1 Å². The lowest BCUT2D eigenvalue weighted by molar-refractivity contribution is -0.159. The van der Waals surface area contributed by atoms with Crippen molar-refractivity contribution >= 4 is 11.7 Å². The summed E-state index contributed by atoms with van der Waals surface area (Å²) >= 11 is 0. The highest BCUT2D eigenvalue weighted by atomic mass is 19.4. The summed E-state index contributed by atoms with van der Waals surface area (Å²) in [6.07, 6.45) is -3.33. The van der Waals surface area contributed by atoms with Crippen LogP contribution < -0.4 is 5.32 Å². The van der Waals surface area contributed by atoms with E-state index in [1.54, 1.807) is 0 Å². The highest BCUT2D eigenvalue weighted by molar-refractivity contribution is 6.04. The van der Waals surface area contributed by atoms with Gasteiger partial charge in [0.25, 0.3) is 5.91 Å². The van der Waals surface area contributed by atoms with Crippen LogP contribution in [0, 0.1) is 0 Å². The maximum Gasteiger partial charge on any atom is 0.471 e. The predicted octanol–water partition coefficient (Wildman–Crippen LogP) is 3.11. The average molecular weight is 350 g/mol. The van der Waals surface area contributed by atoms with Gasteiger partial charge in [-0.15, -0.1) is 0 Å². The summed E-state index contributed by atoms with van der Waals surface area (Å²) in [4.78, 5) is 19.2. The maximum absolute atomic E-state index is 12.5. The number of alkyl halides is 3. The second-order valence-corrected chi connectivity index (χ2v) is 4.82. The number of hydrogen-bond donors (Lipinski definition) is 2. The number of hydrogen-bond acceptors (Lipinski definition) is 6. The summed E-state index contributed by atoms with van der Waals surface area (Å²) in [5, 5.41) is 15.2. The molecular weight excluding hydrogens is 341 g/mol. The van der Waals surface area contributed by atoms with Crippen LogP contribution in [0.4, 0.5) is 19.0 Å². The molecule has 1 aromatic carbocycles. The molecule has 10 heteroatoms. The number of halogens is 3. The summed E-state index contributed by atoms with van der Waals surface area (Å²) in [5.41, 5.74) is 0.449. The number of amides is 1. The number of nitrogens with zero attached hydrogens (tertiary/aromatic N) is 3. The summed E-state index contributed by atoms with van der Waals surface area (Å²) in [7, 11) is 0. The molecule has 7 nitrogen and oxygen atoms in total. The van der Waals surface area contributed by atoms with E-state index in [1.165, 1.54) is 42.6 Å². The van der Waals surface area contributed by atoms with Crippen molar-refractivity contribution in [2.45, 2.75) is 6.18 Å². The zero-order valence-electron chi connectivity index (χ0n) is 12.3. The third-order valence-electron chi connectivity index (χ3n) is 3.09. The molecule has 2 aromatic heterocycles. The topological polar surface area (TPSA) is 101 Å². The van der Waals surface area contributed by atoms with Crippen molar-refractivity contribution in [2.24, 2.45) is 0 Å². The molecule has 0 bridgehead atoms. The number of nitrogens with one attached hydrogen (secondary N) is 1. The Balaban J connectivity index is 1.77. The first-order valence-corrected chi connectivity index (χ1v) is 6.81. The van der Waals surface area contributed by atoms with E-state index in [9.17, 15) is 23.1 Å². The van der Waals surface area contributed by atoms with Crippen LogP contribution in [0.5, 0.6) is 5.75 Å². The van der Waals surface area contributed by atoms with Gasteiger partial charge in [0.1, 0.15) is 0 Å². The smallest absolute Gasteiger partial charge is 0.471 e. The number of anilines is 1. The summed E-state index contributed by atoms with van der Waals surface area (Å²) in [6.45, 7) is 0. The minimum Gasteiger partial charge on any atom is -0.504 e. The molecule has 3 rings (SSSR count). The van der Waals surface area contributed by atoms with Gasteiger partial charge in [-0.1, -0.05) is 17.3 Å². The summed E-state index contributed by atoms with van der Waals surface area (Å²) in [6, 6.07) is 8.35. The van der Waals surface area contributed by atoms with Crippen molar-refractivity contribution in [3.8, 4) is 17.1 Å². The lowest BCUT2D eigenvalue weighted by Gasteiger charge is -2.06. The fourth-order valence-electron chi connectivity index (χ4n) is 1.90. The molecule has 0 radical (unpaired) electrons. The Morgan fingerprint density at radius 2 is 1.88 bits per heavy atom. The van der Waals surface area contributed by atoms with Crippen molar-refractivity contribution in [3.63, 3.8) is 0 Å². The summed E-state index contributed by atoms with van der Waals surface area (Å²) < 4.78 is 41.5.